The quantitative estimate of drug-likeness (QED) is 0.451. The first-order valence-electron chi connectivity index (χ1n) is 10.6. The maximum absolute atomic E-state index is 14.0. The summed E-state index contributed by atoms with van der Waals surface area (Å²) in [5.41, 5.74) is 4.01. The van der Waals surface area contributed by atoms with Gasteiger partial charge in [0, 0.05) is 6.07 Å². The van der Waals surface area contributed by atoms with E-state index in [2.05, 4.69) is 19.1 Å². The second kappa shape index (κ2) is 8.99. The van der Waals surface area contributed by atoms with Gasteiger partial charge in [0.2, 0.25) is 0 Å². The van der Waals surface area contributed by atoms with E-state index in [4.69, 9.17) is 0 Å². The lowest BCUT2D eigenvalue weighted by molar-refractivity contribution is 0.303. The summed E-state index contributed by atoms with van der Waals surface area (Å²) >= 11 is 0. The van der Waals surface area contributed by atoms with Crippen LogP contribution in [0.1, 0.15) is 80.9 Å². The molecule has 1 aliphatic carbocycles. The fraction of sp³-hybridized carbons (Fsp3) is 0.520. The molecule has 146 valence electrons. The second-order valence-electron chi connectivity index (χ2n) is 8.30. The molecule has 1 saturated carbocycles. The van der Waals surface area contributed by atoms with Crippen LogP contribution in [0.15, 0.2) is 30.3 Å². The molecule has 0 unspecified atom stereocenters. The van der Waals surface area contributed by atoms with Crippen molar-refractivity contribution in [2.45, 2.75) is 78.1 Å². The Morgan fingerprint density at radius 2 is 1.44 bits per heavy atom. The molecular weight excluding hydrogens is 338 g/mol. The van der Waals surface area contributed by atoms with E-state index in [9.17, 15) is 8.78 Å². The molecular formula is C25H32F2. The van der Waals surface area contributed by atoms with Gasteiger partial charge in [0.25, 0.3) is 0 Å². The highest BCUT2D eigenvalue weighted by Gasteiger charge is 2.22. The van der Waals surface area contributed by atoms with Gasteiger partial charge in [-0.3, -0.25) is 0 Å². The van der Waals surface area contributed by atoms with Crippen LogP contribution in [-0.4, -0.2) is 0 Å². The molecule has 0 aromatic heterocycles. The van der Waals surface area contributed by atoms with E-state index in [0.29, 0.717) is 22.6 Å². The molecule has 0 amide bonds. The Morgan fingerprint density at radius 3 is 2.00 bits per heavy atom. The number of rotatable bonds is 6. The van der Waals surface area contributed by atoms with Gasteiger partial charge < -0.3 is 0 Å². The van der Waals surface area contributed by atoms with Crippen molar-refractivity contribution in [3.05, 3.63) is 58.7 Å². The molecule has 2 aromatic carbocycles. The topological polar surface area (TPSA) is 0 Å². The van der Waals surface area contributed by atoms with E-state index >= 15 is 0 Å². The van der Waals surface area contributed by atoms with Gasteiger partial charge in [-0.15, -0.1) is 0 Å². The average Bonchev–Trinajstić information content (AvgIpc) is 2.68. The number of halogens is 2. The molecule has 1 fully saturated rings. The summed E-state index contributed by atoms with van der Waals surface area (Å²) in [5, 5.41) is 0. The highest BCUT2D eigenvalue weighted by atomic mass is 19.1. The lowest BCUT2D eigenvalue weighted by atomic mass is 9.77. The molecule has 2 aromatic rings. The Balaban J connectivity index is 1.69. The summed E-state index contributed by atoms with van der Waals surface area (Å²) in [6, 6.07) is 9.40. The van der Waals surface area contributed by atoms with Crippen molar-refractivity contribution in [1.82, 2.24) is 0 Å². The summed E-state index contributed by atoms with van der Waals surface area (Å²) in [7, 11) is 0. The molecule has 0 spiro atoms. The van der Waals surface area contributed by atoms with Gasteiger partial charge >= 0.3 is 0 Å². The lowest BCUT2D eigenvalue weighted by Crippen LogP contribution is -2.13. The second-order valence-corrected chi connectivity index (χ2v) is 8.30. The van der Waals surface area contributed by atoms with Crippen molar-refractivity contribution in [2.24, 2.45) is 5.92 Å². The molecule has 1 aliphatic rings. The Hall–Kier alpha value is -1.70. The van der Waals surface area contributed by atoms with Crippen molar-refractivity contribution < 1.29 is 8.78 Å². The summed E-state index contributed by atoms with van der Waals surface area (Å²) in [6.45, 7) is 5.72. The minimum atomic E-state index is -0.474. The Labute approximate surface area is 163 Å². The summed E-state index contributed by atoms with van der Waals surface area (Å²) < 4.78 is 28.0. The first-order valence-corrected chi connectivity index (χ1v) is 10.6. The normalized spacial score (nSPS) is 20.0. The minimum Gasteiger partial charge on any atom is -0.207 e. The van der Waals surface area contributed by atoms with E-state index in [1.165, 1.54) is 56.9 Å². The van der Waals surface area contributed by atoms with Gasteiger partial charge in [-0.25, -0.2) is 8.78 Å². The van der Waals surface area contributed by atoms with Gasteiger partial charge in [-0.1, -0.05) is 56.9 Å². The van der Waals surface area contributed by atoms with Gasteiger partial charge in [-0.2, -0.15) is 0 Å². The van der Waals surface area contributed by atoms with E-state index in [1.807, 2.05) is 12.1 Å². The monoisotopic (exact) mass is 370 g/mol. The first-order chi connectivity index (χ1) is 13.0. The fourth-order valence-electron chi connectivity index (χ4n) is 4.67. The molecule has 0 N–H and O–H groups in total. The van der Waals surface area contributed by atoms with Crippen molar-refractivity contribution >= 4 is 0 Å². The maximum Gasteiger partial charge on any atom is 0.129 e. The molecule has 0 atom stereocenters. The van der Waals surface area contributed by atoms with Crippen LogP contribution in [0, 0.1) is 31.4 Å². The van der Waals surface area contributed by atoms with Crippen molar-refractivity contribution in [3.63, 3.8) is 0 Å². The third kappa shape index (κ3) is 4.59. The van der Waals surface area contributed by atoms with Gasteiger partial charge in [-0.05, 0) is 79.2 Å². The Bertz CT molecular complexity index is 727. The molecule has 0 bridgehead atoms. The van der Waals surface area contributed by atoms with Crippen LogP contribution in [0.4, 0.5) is 8.78 Å². The molecule has 27 heavy (non-hydrogen) atoms. The molecule has 0 nitrogen and oxygen atoms in total. The lowest BCUT2D eigenvalue weighted by Gasteiger charge is -2.29. The van der Waals surface area contributed by atoms with E-state index in [0.717, 1.165) is 17.5 Å². The van der Waals surface area contributed by atoms with Crippen LogP contribution in [0.5, 0.6) is 0 Å². The zero-order valence-corrected chi connectivity index (χ0v) is 17.0. The molecule has 0 aliphatic heterocycles. The number of unbranched alkanes of at least 4 members (excludes halogenated alkanes) is 2. The number of hydrogen-bond donors (Lipinski definition) is 0. The van der Waals surface area contributed by atoms with Crippen LogP contribution in [0.3, 0.4) is 0 Å². The zero-order valence-electron chi connectivity index (χ0n) is 17.0. The molecule has 0 saturated heterocycles. The van der Waals surface area contributed by atoms with E-state index < -0.39 is 11.6 Å². The molecule has 3 rings (SSSR count). The summed E-state index contributed by atoms with van der Waals surface area (Å²) in [4.78, 5) is 0. The van der Waals surface area contributed by atoms with Gasteiger partial charge in [0.05, 0.1) is 0 Å². The third-order valence-electron chi connectivity index (χ3n) is 6.45. The molecule has 2 heteroatoms. The highest BCUT2D eigenvalue weighted by Crippen LogP contribution is 2.39. The van der Waals surface area contributed by atoms with Crippen LogP contribution >= 0.6 is 0 Å². The van der Waals surface area contributed by atoms with Crippen molar-refractivity contribution in [2.75, 3.05) is 0 Å². The summed E-state index contributed by atoms with van der Waals surface area (Å²) in [6.07, 6.45) is 10.6. The van der Waals surface area contributed by atoms with Crippen LogP contribution in [-0.2, 0) is 0 Å². The Kier molecular flexibility index (Phi) is 6.68. The molecule has 0 radical (unpaired) electrons. The van der Waals surface area contributed by atoms with Gasteiger partial charge in [0.15, 0.2) is 0 Å². The van der Waals surface area contributed by atoms with Crippen molar-refractivity contribution in [3.8, 4) is 11.1 Å². The van der Waals surface area contributed by atoms with Crippen molar-refractivity contribution in [1.29, 1.82) is 0 Å². The highest BCUT2D eigenvalue weighted by molar-refractivity contribution is 5.71. The number of hydrogen-bond acceptors (Lipinski definition) is 0. The van der Waals surface area contributed by atoms with E-state index in [-0.39, 0.29) is 0 Å². The van der Waals surface area contributed by atoms with Gasteiger partial charge in [0.1, 0.15) is 11.6 Å². The predicted molar refractivity (Wildman–Crippen MR) is 110 cm³/mol. The maximum atomic E-state index is 14.0. The minimum absolute atomic E-state index is 0.474. The van der Waals surface area contributed by atoms with E-state index in [1.54, 1.807) is 13.8 Å². The Morgan fingerprint density at radius 1 is 0.852 bits per heavy atom. The standard InChI is InChI=1S/C25H32F2/c1-4-5-6-7-19-8-10-20(11-9-19)21-12-14-22(15-13-21)25-17(2)23(26)16-24(27)18(25)3/h12-16,19-20H,4-11H2,1-3H3. The zero-order chi connectivity index (χ0) is 19.4. The number of benzene rings is 2. The van der Waals surface area contributed by atoms with Crippen LogP contribution in [0.2, 0.25) is 0 Å². The fourth-order valence-corrected chi connectivity index (χ4v) is 4.67. The summed E-state index contributed by atoms with van der Waals surface area (Å²) in [5.74, 6) is 0.595. The van der Waals surface area contributed by atoms with Crippen LogP contribution < -0.4 is 0 Å². The SMILES string of the molecule is CCCCCC1CCC(c2ccc(-c3c(C)c(F)cc(F)c3C)cc2)CC1. The first kappa shape index (κ1) is 20.0. The molecule has 0 heterocycles. The predicted octanol–water partition coefficient (Wildman–Crippen LogP) is 8.10. The largest absolute Gasteiger partial charge is 0.207 e. The van der Waals surface area contributed by atoms with Crippen LogP contribution in [0.25, 0.3) is 11.1 Å². The third-order valence-corrected chi connectivity index (χ3v) is 6.45. The smallest absolute Gasteiger partial charge is 0.129 e. The average molecular weight is 371 g/mol.